The Bertz CT molecular complexity index is 363. The van der Waals surface area contributed by atoms with E-state index in [9.17, 15) is 0 Å². The molecule has 1 aliphatic rings. The van der Waals surface area contributed by atoms with E-state index in [1.165, 1.54) is 31.4 Å². The molecule has 1 saturated heterocycles. The van der Waals surface area contributed by atoms with Crippen LogP contribution in [-0.4, -0.2) is 44.3 Å². The molecule has 1 aromatic rings. The molecule has 2 rings (SSSR count). The highest BCUT2D eigenvalue weighted by Crippen LogP contribution is 2.20. The second-order valence-corrected chi connectivity index (χ2v) is 5.66. The number of nitrogens with zero attached hydrogens (tertiary/aromatic N) is 1. The molecular formula is C17H28N2O. The largest absolute Gasteiger partial charge is 0.383 e. The minimum Gasteiger partial charge on any atom is -0.383 e. The molecule has 0 bridgehead atoms. The maximum absolute atomic E-state index is 5.43. The zero-order valence-corrected chi connectivity index (χ0v) is 12.8. The van der Waals surface area contributed by atoms with E-state index in [1.807, 2.05) is 7.11 Å². The Labute approximate surface area is 123 Å². The molecule has 0 saturated carbocycles. The van der Waals surface area contributed by atoms with E-state index >= 15 is 0 Å². The first-order chi connectivity index (χ1) is 9.85. The minimum atomic E-state index is 0.440. The lowest BCUT2D eigenvalue weighted by molar-refractivity contribution is 0.0830. The zero-order valence-electron chi connectivity index (χ0n) is 12.8. The van der Waals surface area contributed by atoms with Gasteiger partial charge in [0.25, 0.3) is 0 Å². The van der Waals surface area contributed by atoms with Crippen molar-refractivity contribution in [2.24, 2.45) is 0 Å². The van der Waals surface area contributed by atoms with Crippen molar-refractivity contribution in [2.45, 2.75) is 38.3 Å². The lowest BCUT2D eigenvalue weighted by Crippen LogP contribution is -2.41. The van der Waals surface area contributed by atoms with Crippen LogP contribution in [0.1, 0.15) is 37.8 Å². The van der Waals surface area contributed by atoms with Crippen LogP contribution in [0.25, 0.3) is 0 Å². The maximum Gasteiger partial charge on any atom is 0.0618 e. The third-order valence-corrected chi connectivity index (χ3v) is 4.13. The number of ether oxygens (including phenoxy) is 1. The summed E-state index contributed by atoms with van der Waals surface area (Å²) in [6.07, 6.45) is 3.65. The Morgan fingerprint density at radius 3 is 2.85 bits per heavy atom. The van der Waals surface area contributed by atoms with Gasteiger partial charge in [0.1, 0.15) is 0 Å². The Hall–Kier alpha value is -0.900. The smallest absolute Gasteiger partial charge is 0.0618 e. The molecular weight excluding hydrogens is 248 g/mol. The quantitative estimate of drug-likeness (QED) is 0.864. The van der Waals surface area contributed by atoms with Crippen molar-refractivity contribution in [3.63, 3.8) is 0 Å². The van der Waals surface area contributed by atoms with E-state index in [0.29, 0.717) is 12.1 Å². The van der Waals surface area contributed by atoms with Crippen molar-refractivity contribution in [3.8, 4) is 0 Å². The fraction of sp³-hybridized carbons (Fsp3) is 0.647. The van der Waals surface area contributed by atoms with Gasteiger partial charge in [-0.25, -0.2) is 0 Å². The SMILES string of the molecule is CCCC(COC)N1CCCNC(c2ccccc2)C1. The van der Waals surface area contributed by atoms with E-state index in [1.54, 1.807) is 0 Å². The monoisotopic (exact) mass is 276 g/mol. The van der Waals surface area contributed by atoms with Gasteiger partial charge in [0, 0.05) is 25.7 Å². The number of nitrogens with one attached hydrogen (secondary N) is 1. The van der Waals surface area contributed by atoms with Crippen LogP contribution in [0.3, 0.4) is 0 Å². The van der Waals surface area contributed by atoms with E-state index in [0.717, 1.165) is 19.7 Å². The third kappa shape index (κ3) is 4.30. The first-order valence-corrected chi connectivity index (χ1v) is 7.86. The van der Waals surface area contributed by atoms with Gasteiger partial charge in [-0.2, -0.15) is 0 Å². The molecule has 3 heteroatoms. The Kier molecular flexibility index (Phi) is 6.51. The number of hydrogen-bond donors (Lipinski definition) is 1. The van der Waals surface area contributed by atoms with E-state index < -0.39 is 0 Å². The summed E-state index contributed by atoms with van der Waals surface area (Å²) in [6.45, 7) is 6.45. The minimum absolute atomic E-state index is 0.440. The summed E-state index contributed by atoms with van der Waals surface area (Å²) < 4.78 is 5.43. The van der Waals surface area contributed by atoms with E-state index in [-0.39, 0.29) is 0 Å². The van der Waals surface area contributed by atoms with Crippen LogP contribution in [0.15, 0.2) is 30.3 Å². The summed E-state index contributed by atoms with van der Waals surface area (Å²) in [5.41, 5.74) is 1.40. The van der Waals surface area contributed by atoms with E-state index in [4.69, 9.17) is 4.74 Å². The second-order valence-electron chi connectivity index (χ2n) is 5.66. The first-order valence-electron chi connectivity index (χ1n) is 7.86. The molecule has 0 amide bonds. The lowest BCUT2D eigenvalue weighted by Gasteiger charge is -2.32. The third-order valence-electron chi connectivity index (χ3n) is 4.13. The Morgan fingerprint density at radius 1 is 1.35 bits per heavy atom. The normalized spacial score (nSPS) is 22.4. The van der Waals surface area contributed by atoms with Crippen molar-refractivity contribution < 1.29 is 4.74 Å². The highest BCUT2D eigenvalue weighted by atomic mass is 16.5. The van der Waals surface area contributed by atoms with Gasteiger partial charge in [0.2, 0.25) is 0 Å². The summed E-state index contributed by atoms with van der Waals surface area (Å²) >= 11 is 0. The van der Waals surface area contributed by atoms with Crippen LogP contribution in [-0.2, 0) is 4.74 Å². The molecule has 1 heterocycles. The number of rotatable bonds is 6. The number of benzene rings is 1. The molecule has 112 valence electrons. The Morgan fingerprint density at radius 2 is 2.15 bits per heavy atom. The van der Waals surface area contributed by atoms with Crippen LogP contribution >= 0.6 is 0 Å². The molecule has 0 spiro atoms. The predicted molar refractivity (Wildman–Crippen MR) is 83.9 cm³/mol. The van der Waals surface area contributed by atoms with Crippen molar-refractivity contribution in [1.82, 2.24) is 10.2 Å². The number of hydrogen-bond acceptors (Lipinski definition) is 3. The molecule has 0 radical (unpaired) electrons. The van der Waals surface area contributed by atoms with Crippen molar-refractivity contribution in [3.05, 3.63) is 35.9 Å². The topological polar surface area (TPSA) is 24.5 Å². The van der Waals surface area contributed by atoms with Gasteiger partial charge in [-0.1, -0.05) is 43.7 Å². The van der Waals surface area contributed by atoms with Crippen LogP contribution in [0.5, 0.6) is 0 Å². The van der Waals surface area contributed by atoms with Gasteiger partial charge in [-0.3, -0.25) is 4.90 Å². The molecule has 2 atom stereocenters. The molecule has 20 heavy (non-hydrogen) atoms. The molecule has 1 fully saturated rings. The van der Waals surface area contributed by atoms with Crippen molar-refractivity contribution >= 4 is 0 Å². The van der Waals surface area contributed by atoms with Crippen LogP contribution in [0.2, 0.25) is 0 Å². The lowest BCUT2D eigenvalue weighted by atomic mass is 10.0. The van der Waals surface area contributed by atoms with Gasteiger partial charge >= 0.3 is 0 Å². The fourth-order valence-corrected chi connectivity index (χ4v) is 3.09. The average molecular weight is 276 g/mol. The maximum atomic E-state index is 5.43. The average Bonchev–Trinajstić information content (AvgIpc) is 2.74. The molecule has 0 aliphatic carbocycles. The van der Waals surface area contributed by atoms with Gasteiger partial charge < -0.3 is 10.1 Å². The van der Waals surface area contributed by atoms with Crippen LogP contribution in [0.4, 0.5) is 0 Å². The van der Waals surface area contributed by atoms with Crippen LogP contribution < -0.4 is 5.32 Å². The Balaban J connectivity index is 2.05. The molecule has 1 N–H and O–H groups in total. The molecule has 1 aliphatic heterocycles. The summed E-state index contributed by atoms with van der Waals surface area (Å²) in [5, 5.41) is 3.68. The standard InChI is InChI=1S/C17H28N2O/c1-3-8-16(14-20-2)19-12-7-11-18-17(13-19)15-9-5-4-6-10-15/h4-6,9-10,16-18H,3,7-8,11-14H2,1-2H3. The summed E-state index contributed by atoms with van der Waals surface area (Å²) in [6, 6.07) is 11.8. The highest BCUT2D eigenvalue weighted by molar-refractivity contribution is 5.19. The summed E-state index contributed by atoms with van der Waals surface area (Å²) in [4.78, 5) is 2.62. The first kappa shape index (κ1) is 15.5. The zero-order chi connectivity index (χ0) is 14.2. The van der Waals surface area contributed by atoms with Gasteiger partial charge in [0.05, 0.1) is 6.61 Å². The van der Waals surface area contributed by atoms with Crippen LogP contribution in [0, 0.1) is 0 Å². The molecule has 2 unspecified atom stereocenters. The van der Waals surface area contributed by atoms with Crippen molar-refractivity contribution in [1.29, 1.82) is 0 Å². The molecule has 0 aromatic heterocycles. The highest BCUT2D eigenvalue weighted by Gasteiger charge is 2.24. The molecule has 3 nitrogen and oxygen atoms in total. The number of methoxy groups -OCH3 is 1. The predicted octanol–water partition coefficient (Wildman–Crippen LogP) is 2.84. The van der Waals surface area contributed by atoms with Crippen molar-refractivity contribution in [2.75, 3.05) is 33.4 Å². The second kappa shape index (κ2) is 8.40. The van der Waals surface area contributed by atoms with Gasteiger partial charge in [-0.15, -0.1) is 0 Å². The fourth-order valence-electron chi connectivity index (χ4n) is 3.09. The van der Waals surface area contributed by atoms with E-state index in [2.05, 4.69) is 47.5 Å². The van der Waals surface area contributed by atoms with Gasteiger partial charge in [0.15, 0.2) is 0 Å². The summed E-state index contributed by atoms with van der Waals surface area (Å²) in [5.74, 6) is 0. The molecule has 1 aromatic carbocycles. The van der Waals surface area contributed by atoms with Gasteiger partial charge in [-0.05, 0) is 31.5 Å². The summed E-state index contributed by atoms with van der Waals surface area (Å²) in [7, 11) is 1.81.